The van der Waals surface area contributed by atoms with Crippen molar-refractivity contribution in [2.45, 2.75) is 0 Å². The van der Waals surface area contributed by atoms with Crippen LogP contribution in [-0.2, 0) is 0 Å². The maximum atomic E-state index is 5.82. The number of nitrogens with one attached hydrogen (secondary N) is 1. The molecule has 21 heavy (non-hydrogen) atoms. The molecule has 0 spiro atoms. The van der Waals surface area contributed by atoms with E-state index in [0.717, 1.165) is 27.3 Å². The number of pyridine rings is 1. The van der Waals surface area contributed by atoms with Crippen molar-refractivity contribution in [1.82, 2.24) is 4.98 Å². The second kappa shape index (κ2) is 6.41. The first-order valence-electron chi connectivity index (χ1n) is 6.50. The molecule has 1 heterocycles. The van der Waals surface area contributed by atoms with Crippen molar-refractivity contribution in [2.75, 3.05) is 5.32 Å². The second-order valence-electron chi connectivity index (χ2n) is 4.46. The highest BCUT2D eigenvalue weighted by atomic mass is 79.9. The minimum Gasteiger partial charge on any atom is -0.457 e. The first kappa shape index (κ1) is 13.6. The zero-order valence-electron chi connectivity index (χ0n) is 11.2. The van der Waals surface area contributed by atoms with Gasteiger partial charge in [0.15, 0.2) is 0 Å². The summed E-state index contributed by atoms with van der Waals surface area (Å²) in [6.45, 7) is 0. The van der Waals surface area contributed by atoms with E-state index in [1.807, 2.05) is 60.7 Å². The molecule has 0 saturated carbocycles. The lowest BCUT2D eigenvalue weighted by Crippen LogP contribution is -1.92. The SMILES string of the molecule is Brc1cncc(Nc2cccc(Oc3ccccc3)c2)c1. The number of hydrogen-bond donors (Lipinski definition) is 1. The van der Waals surface area contributed by atoms with Gasteiger partial charge < -0.3 is 10.1 Å². The monoisotopic (exact) mass is 340 g/mol. The molecular weight excluding hydrogens is 328 g/mol. The fourth-order valence-electron chi connectivity index (χ4n) is 1.91. The van der Waals surface area contributed by atoms with Gasteiger partial charge in [-0.05, 0) is 46.3 Å². The molecule has 104 valence electrons. The summed E-state index contributed by atoms with van der Waals surface area (Å²) in [7, 11) is 0. The van der Waals surface area contributed by atoms with Crippen LogP contribution in [0.5, 0.6) is 11.5 Å². The Kier molecular flexibility index (Phi) is 4.17. The van der Waals surface area contributed by atoms with Gasteiger partial charge >= 0.3 is 0 Å². The van der Waals surface area contributed by atoms with Crippen molar-refractivity contribution < 1.29 is 4.74 Å². The molecule has 0 fully saturated rings. The fraction of sp³-hybridized carbons (Fsp3) is 0. The number of rotatable bonds is 4. The van der Waals surface area contributed by atoms with Gasteiger partial charge in [0.05, 0.1) is 11.9 Å². The first-order valence-corrected chi connectivity index (χ1v) is 7.29. The van der Waals surface area contributed by atoms with Crippen LogP contribution in [0.3, 0.4) is 0 Å². The third-order valence-electron chi connectivity index (χ3n) is 2.81. The van der Waals surface area contributed by atoms with E-state index in [1.165, 1.54) is 0 Å². The molecule has 0 bridgehead atoms. The minimum atomic E-state index is 0.786. The molecule has 1 aromatic heterocycles. The molecule has 0 saturated heterocycles. The first-order chi connectivity index (χ1) is 10.3. The largest absolute Gasteiger partial charge is 0.457 e. The highest BCUT2D eigenvalue weighted by molar-refractivity contribution is 9.10. The number of benzene rings is 2. The molecular formula is C17H13BrN2O. The topological polar surface area (TPSA) is 34.2 Å². The molecule has 0 aliphatic rings. The van der Waals surface area contributed by atoms with Crippen LogP contribution in [-0.4, -0.2) is 4.98 Å². The van der Waals surface area contributed by atoms with Gasteiger partial charge in [0, 0.05) is 22.4 Å². The van der Waals surface area contributed by atoms with Gasteiger partial charge in [-0.2, -0.15) is 0 Å². The molecule has 3 aromatic rings. The Morgan fingerprint density at radius 3 is 2.43 bits per heavy atom. The minimum absolute atomic E-state index is 0.786. The van der Waals surface area contributed by atoms with Gasteiger partial charge in [0.2, 0.25) is 0 Å². The van der Waals surface area contributed by atoms with Crippen LogP contribution >= 0.6 is 15.9 Å². The molecule has 0 aliphatic carbocycles. The quantitative estimate of drug-likeness (QED) is 0.692. The predicted octanol–water partition coefficient (Wildman–Crippen LogP) is 5.38. The van der Waals surface area contributed by atoms with Crippen LogP contribution < -0.4 is 10.1 Å². The van der Waals surface area contributed by atoms with Crippen LogP contribution in [0.1, 0.15) is 0 Å². The molecule has 0 amide bonds. The molecule has 3 rings (SSSR count). The Morgan fingerprint density at radius 1 is 0.810 bits per heavy atom. The summed E-state index contributed by atoms with van der Waals surface area (Å²) in [5, 5.41) is 3.30. The van der Waals surface area contributed by atoms with E-state index in [4.69, 9.17) is 4.74 Å². The van der Waals surface area contributed by atoms with Crippen LogP contribution in [0.25, 0.3) is 0 Å². The summed E-state index contributed by atoms with van der Waals surface area (Å²) < 4.78 is 6.75. The Hall–Kier alpha value is -2.33. The third kappa shape index (κ3) is 3.83. The average Bonchev–Trinajstić information content (AvgIpc) is 2.49. The zero-order valence-corrected chi connectivity index (χ0v) is 12.7. The fourth-order valence-corrected chi connectivity index (χ4v) is 2.27. The van der Waals surface area contributed by atoms with Crippen molar-refractivity contribution in [3.8, 4) is 11.5 Å². The summed E-state index contributed by atoms with van der Waals surface area (Å²) in [6.07, 6.45) is 3.52. The third-order valence-corrected chi connectivity index (χ3v) is 3.24. The van der Waals surface area contributed by atoms with Gasteiger partial charge in [-0.3, -0.25) is 4.98 Å². The Bertz CT molecular complexity index is 732. The van der Waals surface area contributed by atoms with Gasteiger partial charge in [0.25, 0.3) is 0 Å². The van der Waals surface area contributed by atoms with Gasteiger partial charge in [0.1, 0.15) is 11.5 Å². The van der Waals surface area contributed by atoms with Crippen molar-refractivity contribution in [2.24, 2.45) is 0 Å². The molecule has 2 aromatic carbocycles. The van der Waals surface area contributed by atoms with Crippen molar-refractivity contribution in [3.63, 3.8) is 0 Å². The second-order valence-corrected chi connectivity index (χ2v) is 5.38. The van der Waals surface area contributed by atoms with Crippen molar-refractivity contribution in [1.29, 1.82) is 0 Å². The smallest absolute Gasteiger partial charge is 0.129 e. The lowest BCUT2D eigenvalue weighted by Gasteiger charge is -2.09. The summed E-state index contributed by atoms with van der Waals surface area (Å²) >= 11 is 3.41. The number of hydrogen-bond acceptors (Lipinski definition) is 3. The van der Waals surface area contributed by atoms with Gasteiger partial charge in [-0.15, -0.1) is 0 Å². The summed E-state index contributed by atoms with van der Waals surface area (Å²) in [4.78, 5) is 4.13. The van der Waals surface area contributed by atoms with Gasteiger partial charge in [-0.25, -0.2) is 0 Å². The lowest BCUT2D eigenvalue weighted by molar-refractivity contribution is 0.483. The van der Waals surface area contributed by atoms with E-state index < -0.39 is 0 Å². The number of ether oxygens (including phenoxy) is 1. The molecule has 0 aliphatic heterocycles. The van der Waals surface area contributed by atoms with Gasteiger partial charge in [-0.1, -0.05) is 24.3 Å². The van der Waals surface area contributed by atoms with E-state index in [9.17, 15) is 0 Å². The highest BCUT2D eigenvalue weighted by Crippen LogP contribution is 2.26. The lowest BCUT2D eigenvalue weighted by atomic mass is 10.3. The van der Waals surface area contributed by atoms with Crippen LogP contribution in [0.2, 0.25) is 0 Å². The predicted molar refractivity (Wildman–Crippen MR) is 88.2 cm³/mol. The van der Waals surface area contributed by atoms with Crippen molar-refractivity contribution >= 4 is 27.3 Å². The zero-order chi connectivity index (χ0) is 14.5. The van der Waals surface area contributed by atoms with E-state index in [-0.39, 0.29) is 0 Å². The maximum absolute atomic E-state index is 5.82. The summed E-state index contributed by atoms with van der Waals surface area (Å²) in [5.41, 5.74) is 1.87. The Balaban J connectivity index is 1.77. The molecule has 0 radical (unpaired) electrons. The Morgan fingerprint density at radius 2 is 1.62 bits per heavy atom. The number of anilines is 2. The highest BCUT2D eigenvalue weighted by Gasteiger charge is 2.00. The maximum Gasteiger partial charge on any atom is 0.129 e. The molecule has 4 heteroatoms. The van der Waals surface area contributed by atoms with E-state index in [1.54, 1.807) is 12.4 Å². The Labute approximate surface area is 131 Å². The number of halogens is 1. The molecule has 1 N–H and O–H groups in total. The molecule has 0 unspecified atom stereocenters. The summed E-state index contributed by atoms with van der Waals surface area (Å²) in [6, 6.07) is 19.5. The molecule has 0 atom stereocenters. The number of para-hydroxylation sites is 1. The number of nitrogens with zero attached hydrogens (tertiary/aromatic N) is 1. The van der Waals surface area contributed by atoms with E-state index in [0.29, 0.717) is 0 Å². The standard InChI is InChI=1S/C17H13BrN2O/c18-13-9-15(12-19-11-13)20-14-5-4-8-17(10-14)21-16-6-2-1-3-7-16/h1-12,20H. The number of aromatic nitrogens is 1. The average molecular weight is 341 g/mol. The normalized spacial score (nSPS) is 10.1. The van der Waals surface area contributed by atoms with E-state index in [2.05, 4.69) is 26.2 Å². The van der Waals surface area contributed by atoms with E-state index >= 15 is 0 Å². The molecule has 3 nitrogen and oxygen atoms in total. The van der Waals surface area contributed by atoms with Crippen LogP contribution in [0.15, 0.2) is 77.5 Å². The van der Waals surface area contributed by atoms with Crippen LogP contribution in [0.4, 0.5) is 11.4 Å². The van der Waals surface area contributed by atoms with Crippen LogP contribution in [0, 0.1) is 0 Å². The summed E-state index contributed by atoms with van der Waals surface area (Å²) in [5.74, 6) is 1.60. The van der Waals surface area contributed by atoms with Crippen molar-refractivity contribution in [3.05, 3.63) is 77.5 Å².